The molecule has 2 N–H and O–H groups in total. The summed E-state index contributed by atoms with van der Waals surface area (Å²) < 4.78 is 29.1. The molecule has 96 valence electrons. The van der Waals surface area contributed by atoms with Gasteiger partial charge in [-0.15, -0.1) is 0 Å². The first-order valence-electron chi connectivity index (χ1n) is 5.87. The van der Waals surface area contributed by atoms with E-state index in [2.05, 4.69) is 12.2 Å². The zero-order chi connectivity index (χ0) is 12.0. The Morgan fingerprint density at radius 1 is 1.56 bits per heavy atom. The van der Waals surface area contributed by atoms with Crippen LogP contribution in [0.1, 0.15) is 32.6 Å². The van der Waals surface area contributed by atoms with Crippen molar-refractivity contribution < 1.29 is 18.6 Å². The van der Waals surface area contributed by atoms with Gasteiger partial charge < -0.3 is 15.2 Å². The molecule has 0 aliphatic heterocycles. The van der Waals surface area contributed by atoms with E-state index in [4.69, 9.17) is 4.74 Å². The van der Waals surface area contributed by atoms with Crippen molar-refractivity contribution >= 4 is 0 Å². The van der Waals surface area contributed by atoms with E-state index in [-0.39, 0.29) is 18.2 Å². The second kappa shape index (κ2) is 6.47. The molecule has 1 saturated carbocycles. The third-order valence-electron chi connectivity index (χ3n) is 3.07. The van der Waals surface area contributed by atoms with Crippen LogP contribution >= 0.6 is 0 Å². The summed E-state index contributed by atoms with van der Waals surface area (Å²) in [7, 11) is 0. The van der Waals surface area contributed by atoms with E-state index in [0.29, 0.717) is 6.42 Å². The third-order valence-corrected chi connectivity index (χ3v) is 3.07. The average Bonchev–Trinajstić information content (AvgIpc) is 2.68. The highest BCUT2D eigenvalue weighted by atomic mass is 19.3. The minimum absolute atomic E-state index is 0.0432. The number of aliphatic hydroxyl groups is 1. The van der Waals surface area contributed by atoms with Crippen molar-refractivity contribution in [2.45, 2.75) is 50.7 Å². The largest absolute Gasteiger partial charge is 0.394 e. The Morgan fingerprint density at radius 2 is 2.31 bits per heavy atom. The summed E-state index contributed by atoms with van der Waals surface area (Å²) in [4.78, 5) is 0. The molecular weight excluding hydrogens is 216 g/mol. The Hall–Kier alpha value is -0.260. The number of ether oxygens (including phenoxy) is 1. The van der Waals surface area contributed by atoms with E-state index >= 15 is 0 Å². The Labute approximate surface area is 95.2 Å². The molecule has 3 nitrogen and oxygen atoms in total. The zero-order valence-electron chi connectivity index (χ0n) is 9.72. The van der Waals surface area contributed by atoms with E-state index in [1.54, 1.807) is 0 Å². The molecule has 0 bridgehead atoms. The lowest BCUT2D eigenvalue weighted by molar-refractivity contribution is -0.0251. The highest BCUT2D eigenvalue weighted by Gasteiger charge is 2.38. The first kappa shape index (κ1) is 13.8. The molecule has 0 spiro atoms. The molecule has 0 aromatic heterocycles. The number of halogens is 2. The molecule has 1 fully saturated rings. The van der Waals surface area contributed by atoms with Gasteiger partial charge in [-0.1, -0.05) is 6.92 Å². The summed E-state index contributed by atoms with van der Waals surface area (Å²) >= 11 is 0. The van der Waals surface area contributed by atoms with Crippen LogP contribution in [0.4, 0.5) is 8.78 Å². The van der Waals surface area contributed by atoms with Gasteiger partial charge in [-0.2, -0.15) is 0 Å². The smallest absolute Gasteiger partial charge is 0.261 e. The van der Waals surface area contributed by atoms with Crippen LogP contribution in [0.25, 0.3) is 0 Å². The van der Waals surface area contributed by atoms with E-state index in [9.17, 15) is 13.9 Å². The third kappa shape index (κ3) is 3.96. The predicted molar refractivity (Wildman–Crippen MR) is 57.7 cm³/mol. The maximum Gasteiger partial charge on any atom is 0.261 e. The summed E-state index contributed by atoms with van der Waals surface area (Å²) in [5.74, 6) is 0. The van der Waals surface area contributed by atoms with Crippen LogP contribution in [0.15, 0.2) is 0 Å². The van der Waals surface area contributed by atoms with Crippen molar-refractivity contribution in [3.63, 3.8) is 0 Å². The SMILES string of the molecule is CCCNC1(CO)CCC(OCC(F)F)C1. The Kier molecular flexibility index (Phi) is 5.58. The first-order valence-corrected chi connectivity index (χ1v) is 5.87. The molecule has 1 aliphatic rings. The van der Waals surface area contributed by atoms with Gasteiger partial charge in [0.15, 0.2) is 0 Å². The van der Waals surface area contributed by atoms with Gasteiger partial charge in [-0.25, -0.2) is 8.78 Å². The summed E-state index contributed by atoms with van der Waals surface area (Å²) in [6.45, 7) is 2.43. The Morgan fingerprint density at radius 3 is 2.88 bits per heavy atom. The molecule has 16 heavy (non-hydrogen) atoms. The fraction of sp³-hybridized carbons (Fsp3) is 1.00. The Bertz CT molecular complexity index is 204. The standard InChI is InChI=1S/C11H21F2NO2/c1-2-5-14-11(8-15)4-3-9(6-11)16-7-10(12)13/h9-10,14-15H,2-8H2,1H3. The molecule has 0 radical (unpaired) electrons. The van der Waals surface area contributed by atoms with Gasteiger partial charge in [0.1, 0.15) is 6.61 Å². The highest BCUT2D eigenvalue weighted by Crippen LogP contribution is 2.31. The summed E-state index contributed by atoms with van der Waals surface area (Å²) in [5, 5.41) is 12.7. The predicted octanol–water partition coefficient (Wildman–Crippen LogP) is 1.55. The molecule has 0 aromatic rings. The maximum atomic E-state index is 12.0. The molecule has 5 heteroatoms. The van der Waals surface area contributed by atoms with Crippen LogP contribution in [-0.4, -0.2) is 42.9 Å². The Balaban J connectivity index is 2.35. The molecule has 1 rings (SSSR count). The van der Waals surface area contributed by atoms with Crippen molar-refractivity contribution in [3.8, 4) is 0 Å². The summed E-state index contributed by atoms with van der Waals surface area (Å²) in [5.41, 5.74) is -0.317. The van der Waals surface area contributed by atoms with Crippen molar-refractivity contribution in [3.05, 3.63) is 0 Å². The van der Waals surface area contributed by atoms with Gasteiger partial charge in [0, 0.05) is 5.54 Å². The van der Waals surface area contributed by atoms with E-state index < -0.39 is 13.0 Å². The van der Waals surface area contributed by atoms with Gasteiger partial charge in [0.2, 0.25) is 0 Å². The highest BCUT2D eigenvalue weighted by molar-refractivity contribution is 4.96. The molecule has 1 aliphatic carbocycles. The van der Waals surface area contributed by atoms with Gasteiger partial charge in [0.25, 0.3) is 6.43 Å². The van der Waals surface area contributed by atoms with Crippen LogP contribution in [0, 0.1) is 0 Å². The molecule has 2 atom stereocenters. The molecule has 0 amide bonds. The van der Waals surface area contributed by atoms with Crippen LogP contribution in [-0.2, 0) is 4.74 Å². The number of nitrogens with one attached hydrogen (secondary N) is 1. The van der Waals surface area contributed by atoms with Crippen LogP contribution in [0.2, 0.25) is 0 Å². The number of aliphatic hydroxyl groups excluding tert-OH is 1. The zero-order valence-corrected chi connectivity index (χ0v) is 9.72. The lowest BCUT2D eigenvalue weighted by atomic mass is 9.98. The maximum absolute atomic E-state index is 12.0. The lowest BCUT2D eigenvalue weighted by Gasteiger charge is -2.28. The minimum Gasteiger partial charge on any atom is -0.394 e. The molecule has 0 aromatic carbocycles. The minimum atomic E-state index is -2.41. The normalized spacial score (nSPS) is 30.2. The van der Waals surface area contributed by atoms with Crippen LogP contribution in [0.5, 0.6) is 0 Å². The monoisotopic (exact) mass is 237 g/mol. The van der Waals surface area contributed by atoms with E-state index in [0.717, 1.165) is 25.8 Å². The quantitative estimate of drug-likeness (QED) is 0.706. The van der Waals surface area contributed by atoms with Crippen molar-refractivity contribution in [2.75, 3.05) is 19.8 Å². The second-order valence-electron chi connectivity index (χ2n) is 4.45. The first-order chi connectivity index (χ1) is 7.62. The van der Waals surface area contributed by atoms with Gasteiger partial charge in [0.05, 0.1) is 12.7 Å². The fourth-order valence-corrected chi connectivity index (χ4v) is 2.18. The van der Waals surface area contributed by atoms with Crippen LogP contribution < -0.4 is 5.32 Å². The molecular formula is C11H21F2NO2. The molecule has 0 saturated heterocycles. The molecule has 2 unspecified atom stereocenters. The second-order valence-corrected chi connectivity index (χ2v) is 4.45. The van der Waals surface area contributed by atoms with E-state index in [1.165, 1.54) is 0 Å². The fourth-order valence-electron chi connectivity index (χ4n) is 2.18. The van der Waals surface area contributed by atoms with Gasteiger partial charge in [-0.05, 0) is 32.2 Å². The summed E-state index contributed by atoms with van der Waals surface area (Å²) in [6, 6.07) is 0. The number of hydrogen-bond donors (Lipinski definition) is 2. The van der Waals surface area contributed by atoms with Crippen molar-refractivity contribution in [2.24, 2.45) is 0 Å². The summed E-state index contributed by atoms with van der Waals surface area (Å²) in [6.07, 6.45) is 0.584. The number of hydrogen-bond acceptors (Lipinski definition) is 3. The average molecular weight is 237 g/mol. The van der Waals surface area contributed by atoms with Crippen molar-refractivity contribution in [1.82, 2.24) is 5.32 Å². The van der Waals surface area contributed by atoms with E-state index in [1.807, 2.05) is 0 Å². The van der Waals surface area contributed by atoms with Crippen molar-refractivity contribution in [1.29, 1.82) is 0 Å². The number of alkyl halides is 2. The van der Waals surface area contributed by atoms with Crippen LogP contribution in [0.3, 0.4) is 0 Å². The lowest BCUT2D eigenvalue weighted by Crippen LogP contribution is -2.47. The number of rotatable bonds is 7. The molecule has 0 heterocycles. The van der Waals surface area contributed by atoms with Gasteiger partial charge in [-0.3, -0.25) is 0 Å². The topological polar surface area (TPSA) is 41.5 Å². The van der Waals surface area contributed by atoms with Gasteiger partial charge >= 0.3 is 0 Å².